The number of aromatic nitrogens is 1. The smallest absolute Gasteiger partial charge is 0.268 e. The first-order valence-electron chi connectivity index (χ1n) is 7.57. The Morgan fingerprint density at radius 1 is 1.40 bits per heavy atom. The first-order valence-corrected chi connectivity index (χ1v) is 7.95. The second-order valence-electron chi connectivity index (χ2n) is 6.04. The summed E-state index contributed by atoms with van der Waals surface area (Å²) in [4.78, 5) is 12.5. The first-order chi connectivity index (χ1) is 9.69. The number of nitrogens with zero attached hydrogens (tertiary/aromatic N) is 1. The number of nitrogens with two attached hydrogens (primary N) is 1. The highest BCUT2D eigenvalue weighted by atomic mass is 35.5. The Bertz CT molecular complexity index is 489. The third-order valence-electron chi connectivity index (χ3n) is 4.53. The number of hydrogen-bond acceptors (Lipinski definition) is 2. The van der Waals surface area contributed by atoms with Crippen LogP contribution in [0.15, 0.2) is 12.3 Å². The van der Waals surface area contributed by atoms with E-state index in [-0.39, 0.29) is 11.9 Å². The Morgan fingerprint density at radius 2 is 2.10 bits per heavy atom. The van der Waals surface area contributed by atoms with Crippen LogP contribution in [0.4, 0.5) is 0 Å². The number of amides is 1. The summed E-state index contributed by atoms with van der Waals surface area (Å²) in [5.74, 6) is 0.495. The number of carbonyl (C=O) groups excluding carboxylic acids is 1. The molecule has 1 atom stereocenters. The van der Waals surface area contributed by atoms with Gasteiger partial charge in [0.2, 0.25) is 0 Å². The van der Waals surface area contributed by atoms with E-state index in [1.54, 1.807) is 6.07 Å². The van der Waals surface area contributed by atoms with E-state index in [4.69, 9.17) is 17.3 Å². The fourth-order valence-corrected chi connectivity index (χ4v) is 3.46. The van der Waals surface area contributed by atoms with Crippen molar-refractivity contribution in [3.05, 3.63) is 23.0 Å². The summed E-state index contributed by atoms with van der Waals surface area (Å²) in [7, 11) is 0. The molecule has 5 heteroatoms. The maximum atomic E-state index is 12.5. The van der Waals surface area contributed by atoms with Crippen LogP contribution in [-0.4, -0.2) is 23.1 Å². The van der Waals surface area contributed by atoms with Crippen LogP contribution in [0.3, 0.4) is 0 Å². The topological polar surface area (TPSA) is 60.0 Å². The highest BCUT2D eigenvalue weighted by molar-refractivity contribution is 6.31. The van der Waals surface area contributed by atoms with E-state index in [1.165, 1.54) is 25.7 Å². The van der Waals surface area contributed by atoms with Gasteiger partial charge in [0.05, 0.1) is 5.02 Å². The Kier molecular flexibility index (Phi) is 4.03. The Labute approximate surface area is 124 Å². The van der Waals surface area contributed by atoms with E-state index < -0.39 is 0 Å². The standard InChI is InChI=1S/C15H22ClN3O/c16-11-7-14(19(9-11)12-5-6-12)15(20)18-13(8-17)10-3-1-2-4-10/h7,9-10,12-13H,1-6,8,17H2,(H,18,20). The normalized spacial score (nSPS) is 21.1. The van der Waals surface area contributed by atoms with Crippen molar-refractivity contribution >= 4 is 17.5 Å². The number of rotatable bonds is 5. The average Bonchev–Trinajstić information content (AvgIpc) is 2.99. The maximum Gasteiger partial charge on any atom is 0.268 e. The summed E-state index contributed by atoms with van der Waals surface area (Å²) in [6, 6.07) is 2.30. The average molecular weight is 296 g/mol. The lowest BCUT2D eigenvalue weighted by atomic mass is 9.98. The molecular formula is C15H22ClN3O. The number of halogens is 1. The summed E-state index contributed by atoms with van der Waals surface area (Å²) in [5, 5.41) is 3.75. The van der Waals surface area contributed by atoms with Gasteiger partial charge in [-0.15, -0.1) is 0 Å². The van der Waals surface area contributed by atoms with E-state index >= 15 is 0 Å². The molecule has 2 fully saturated rings. The third kappa shape index (κ3) is 2.86. The predicted octanol–water partition coefficient (Wildman–Crippen LogP) is 2.72. The molecule has 1 aromatic rings. The van der Waals surface area contributed by atoms with E-state index in [1.807, 2.05) is 10.8 Å². The van der Waals surface area contributed by atoms with Crippen molar-refractivity contribution in [3.63, 3.8) is 0 Å². The summed E-state index contributed by atoms with van der Waals surface area (Å²) in [6.07, 6.45) is 8.98. The van der Waals surface area contributed by atoms with Crippen molar-refractivity contribution in [2.45, 2.75) is 50.6 Å². The Morgan fingerprint density at radius 3 is 2.70 bits per heavy atom. The van der Waals surface area contributed by atoms with E-state index in [9.17, 15) is 4.79 Å². The minimum atomic E-state index is -0.0360. The Balaban J connectivity index is 1.71. The number of hydrogen-bond donors (Lipinski definition) is 2. The van der Waals surface area contributed by atoms with Crippen molar-refractivity contribution in [3.8, 4) is 0 Å². The molecule has 110 valence electrons. The van der Waals surface area contributed by atoms with E-state index in [0.717, 1.165) is 12.8 Å². The predicted molar refractivity (Wildman–Crippen MR) is 80.0 cm³/mol. The lowest BCUT2D eigenvalue weighted by Crippen LogP contribution is -2.45. The molecule has 0 bridgehead atoms. The van der Waals surface area contributed by atoms with Gasteiger partial charge in [0.1, 0.15) is 5.69 Å². The maximum absolute atomic E-state index is 12.5. The molecule has 20 heavy (non-hydrogen) atoms. The second-order valence-corrected chi connectivity index (χ2v) is 6.48. The molecule has 1 heterocycles. The zero-order valence-electron chi connectivity index (χ0n) is 11.6. The van der Waals surface area contributed by atoms with Crippen LogP contribution in [0.5, 0.6) is 0 Å². The fourth-order valence-electron chi connectivity index (χ4n) is 3.25. The van der Waals surface area contributed by atoms with Gasteiger partial charge in [0.15, 0.2) is 0 Å². The zero-order valence-corrected chi connectivity index (χ0v) is 12.4. The van der Waals surface area contributed by atoms with Gasteiger partial charge in [-0.1, -0.05) is 24.4 Å². The molecule has 4 nitrogen and oxygen atoms in total. The van der Waals surface area contributed by atoms with Crippen LogP contribution >= 0.6 is 11.6 Å². The van der Waals surface area contributed by atoms with E-state index in [0.29, 0.717) is 29.2 Å². The van der Waals surface area contributed by atoms with Gasteiger partial charge in [-0.3, -0.25) is 4.79 Å². The molecular weight excluding hydrogens is 274 g/mol. The van der Waals surface area contributed by atoms with Gasteiger partial charge >= 0.3 is 0 Å². The van der Waals surface area contributed by atoms with Crippen molar-refractivity contribution in [2.24, 2.45) is 11.7 Å². The number of nitrogens with one attached hydrogen (secondary N) is 1. The summed E-state index contributed by atoms with van der Waals surface area (Å²) in [6.45, 7) is 0.508. The molecule has 0 saturated heterocycles. The van der Waals surface area contributed by atoms with Gasteiger partial charge in [-0.05, 0) is 37.7 Å². The quantitative estimate of drug-likeness (QED) is 0.877. The minimum Gasteiger partial charge on any atom is -0.346 e. The molecule has 1 aromatic heterocycles. The van der Waals surface area contributed by atoms with Crippen molar-refractivity contribution < 1.29 is 4.79 Å². The molecule has 3 rings (SSSR count). The van der Waals surface area contributed by atoms with Crippen LogP contribution in [0.2, 0.25) is 5.02 Å². The number of carbonyl (C=O) groups is 1. The summed E-state index contributed by atoms with van der Waals surface area (Å²) < 4.78 is 2.01. The van der Waals surface area contributed by atoms with Crippen molar-refractivity contribution in [1.82, 2.24) is 9.88 Å². The molecule has 1 amide bonds. The summed E-state index contributed by atoms with van der Waals surface area (Å²) in [5.41, 5.74) is 6.52. The Hall–Kier alpha value is -1.00. The van der Waals surface area contributed by atoms with E-state index in [2.05, 4.69) is 5.32 Å². The molecule has 2 saturated carbocycles. The van der Waals surface area contributed by atoms with Crippen LogP contribution < -0.4 is 11.1 Å². The molecule has 2 aliphatic carbocycles. The fraction of sp³-hybridized carbons (Fsp3) is 0.667. The molecule has 0 radical (unpaired) electrons. The summed E-state index contributed by atoms with van der Waals surface area (Å²) >= 11 is 6.05. The molecule has 0 spiro atoms. The second kappa shape index (κ2) is 5.78. The molecule has 2 aliphatic rings. The van der Waals surface area contributed by atoms with Crippen molar-refractivity contribution in [2.75, 3.05) is 6.54 Å². The van der Waals surface area contributed by atoms with Gasteiger partial charge in [-0.25, -0.2) is 0 Å². The van der Waals surface area contributed by atoms with Gasteiger partial charge in [0.25, 0.3) is 5.91 Å². The third-order valence-corrected chi connectivity index (χ3v) is 4.73. The largest absolute Gasteiger partial charge is 0.346 e. The molecule has 3 N–H and O–H groups in total. The molecule has 0 aliphatic heterocycles. The lowest BCUT2D eigenvalue weighted by Gasteiger charge is -2.23. The SMILES string of the molecule is NCC(NC(=O)c1cc(Cl)cn1C1CC1)C1CCCC1. The van der Waals surface area contributed by atoms with Crippen LogP contribution in [0.25, 0.3) is 0 Å². The van der Waals surface area contributed by atoms with Gasteiger partial charge < -0.3 is 15.6 Å². The minimum absolute atomic E-state index is 0.0360. The lowest BCUT2D eigenvalue weighted by molar-refractivity contribution is 0.0914. The van der Waals surface area contributed by atoms with Crippen molar-refractivity contribution in [1.29, 1.82) is 0 Å². The van der Waals surface area contributed by atoms with Crippen LogP contribution in [-0.2, 0) is 0 Å². The molecule has 0 aromatic carbocycles. The van der Waals surface area contributed by atoms with Crippen LogP contribution in [0.1, 0.15) is 55.1 Å². The monoisotopic (exact) mass is 295 g/mol. The molecule has 1 unspecified atom stereocenters. The highest BCUT2D eigenvalue weighted by Gasteiger charge is 2.30. The van der Waals surface area contributed by atoms with Crippen LogP contribution in [0, 0.1) is 5.92 Å². The zero-order chi connectivity index (χ0) is 14.1. The van der Waals surface area contributed by atoms with Gasteiger partial charge in [-0.2, -0.15) is 0 Å². The highest BCUT2D eigenvalue weighted by Crippen LogP contribution is 2.37. The first kappa shape index (κ1) is 14.0. The van der Waals surface area contributed by atoms with Gasteiger partial charge in [0, 0.05) is 24.8 Å².